The summed E-state index contributed by atoms with van der Waals surface area (Å²) in [4.78, 5) is 17.3. The van der Waals surface area contributed by atoms with Crippen molar-refractivity contribution in [3.8, 4) is 5.75 Å². The van der Waals surface area contributed by atoms with Gasteiger partial charge in [-0.2, -0.15) is 0 Å². The first-order valence-corrected chi connectivity index (χ1v) is 13.0. The summed E-state index contributed by atoms with van der Waals surface area (Å²) in [5, 5.41) is 12.8. The van der Waals surface area contributed by atoms with Gasteiger partial charge in [-0.05, 0) is 49.1 Å². The minimum absolute atomic E-state index is 0.00157. The van der Waals surface area contributed by atoms with Crippen LogP contribution >= 0.6 is 11.6 Å². The van der Waals surface area contributed by atoms with Crippen molar-refractivity contribution in [3.05, 3.63) is 41.4 Å². The molecule has 0 spiro atoms. The number of anilines is 2. The molecule has 0 radical (unpaired) electrons. The molecule has 2 unspecified atom stereocenters. The summed E-state index contributed by atoms with van der Waals surface area (Å²) in [5.41, 5.74) is 0. The number of nitrogens with zero attached hydrogens (tertiary/aromatic N) is 2. The fourth-order valence-electron chi connectivity index (χ4n) is 4.41. The number of aliphatic hydroxyl groups excluding tert-OH is 1. The van der Waals surface area contributed by atoms with Gasteiger partial charge in [0.2, 0.25) is 5.91 Å². The summed E-state index contributed by atoms with van der Waals surface area (Å²) >= 11 is 6.01. The molecule has 2 atom stereocenters. The number of benzene rings is 1. The van der Waals surface area contributed by atoms with E-state index in [4.69, 9.17) is 16.3 Å². The van der Waals surface area contributed by atoms with Crippen molar-refractivity contribution < 1.29 is 23.1 Å². The van der Waals surface area contributed by atoms with E-state index in [1.807, 2.05) is 6.92 Å². The number of aromatic nitrogens is 1. The molecule has 1 amide bonds. The molecule has 1 aliphatic heterocycles. The average molecular weight is 494 g/mol. The van der Waals surface area contributed by atoms with Gasteiger partial charge in [0.25, 0.3) is 10.0 Å². The van der Waals surface area contributed by atoms with Crippen LogP contribution in [0.15, 0.2) is 41.3 Å². The fraction of sp³-hybridized carbons (Fsp3) is 0.478. The van der Waals surface area contributed by atoms with Gasteiger partial charge in [-0.1, -0.05) is 43.9 Å². The number of aliphatic hydroxyl groups is 1. The van der Waals surface area contributed by atoms with Gasteiger partial charge in [-0.15, -0.1) is 0 Å². The number of hydrogen-bond donors (Lipinski definition) is 2. The standard InChI is InChI=1S/C23H28ClN3O5S/c1-15(16-6-3-2-4-7-16)23(29)26-21-11-10-20-22(25-21)27(13-18(14-28)32-20)33(30,31)19-9-5-8-17(24)12-19/h5,8-12,15-16,18,28H,2-4,6-7,13-14H2,1H3,(H,25,26,29). The minimum Gasteiger partial charge on any atom is -0.482 e. The lowest BCUT2D eigenvalue weighted by Gasteiger charge is -2.34. The van der Waals surface area contributed by atoms with Gasteiger partial charge in [-0.3, -0.25) is 4.79 Å². The Bertz CT molecular complexity index is 1120. The Morgan fingerprint density at radius 1 is 1.27 bits per heavy atom. The van der Waals surface area contributed by atoms with Gasteiger partial charge in [0.1, 0.15) is 11.9 Å². The SMILES string of the molecule is CC(C(=O)Nc1ccc2c(n1)N(S(=O)(=O)c1cccc(Cl)c1)CC(CO)O2)C1CCCCC1. The Kier molecular flexibility index (Phi) is 7.11. The van der Waals surface area contributed by atoms with E-state index in [1.165, 1.54) is 18.6 Å². The second-order valence-corrected chi connectivity index (χ2v) is 10.9. The van der Waals surface area contributed by atoms with Crippen LogP contribution in [0.25, 0.3) is 0 Å². The van der Waals surface area contributed by atoms with Gasteiger partial charge in [0.15, 0.2) is 11.6 Å². The molecule has 8 nitrogen and oxygen atoms in total. The Morgan fingerprint density at radius 2 is 2.03 bits per heavy atom. The molecule has 2 heterocycles. The zero-order valence-corrected chi connectivity index (χ0v) is 20.0. The van der Waals surface area contributed by atoms with Crippen molar-refractivity contribution in [2.24, 2.45) is 11.8 Å². The normalized spacial score (nSPS) is 20.0. The van der Waals surface area contributed by atoms with E-state index in [2.05, 4.69) is 10.3 Å². The molecule has 1 fully saturated rings. The lowest BCUT2D eigenvalue weighted by molar-refractivity contribution is -0.121. The molecule has 0 saturated heterocycles. The molecule has 1 saturated carbocycles. The van der Waals surface area contributed by atoms with Crippen molar-refractivity contribution in [2.45, 2.75) is 50.0 Å². The van der Waals surface area contributed by atoms with Gasteiger partial charge in [0.05, 0.1) is 18.0 Å². The van der Waals surface area contributed by atoms with Crippen LogP contribution in [0, 0.1) is 11.8 Å². The number of hydrogen-bond acceptors (Lipinski definition) is 6. The number of nitrogens with one attached hydrogen (secondary N) is 1. The number of carbonyl (C=O) groups excluding carboxylic acids is 1. The number of sulfonamides is 1. The highest BCUT2D eigenvalue weighted by Crippen LogP contribution is 2.37. The largest absolute Gasteiger partial charge is 0.482 e. The number of rotatable bonds is 6. The third-order valence-electron chi connectivity index (χ3n) is 6.35. The van der Waals surface area contributed by atoms with Gasteiger partial charge >= 0.3 is 0 Å². The molecule has 178 valence electrons. The summed E-state index contributed by atoms with van der Waals surface area (Å²) in [6.45, 7) is 1.44. The Labute approximate surface area is 199 Å². The average Bonchev–Trinajstić information content (AvgIpc) is 2.83. The molecular weight excluding hydrogens is 466 g/mol. The van der Waals surface area contributed by atoms with Crippen LogP contribution in [0.5, 0.6) is 5.75 Å². The van der Waals surface area contributed by atoms with Crippen LogP contribution in [0.3, 0.4) is 0 Å². The second-order valence-electron chi connectivity index (χ2n) is 8.61. The molecule has 4 rings (SSSR count). The van der Waals surface area contributed by atoms with Crippen molar-refractivity contribution in [1.29, 1.82) is 0 Å². The first-order chi connectivity index (χ1) is 15.8. The summed E-state index contributed by atoms with van der Waals surface area (Å²) in [7, 11) is -4.04. The van der Waals surface area contributed by atoms with E-state index in [9.17, 15) is 18.3 Å². The van der Waals surface area contributed by atoms with Crippen molar-refractivity contribution >= 4 is 39.2 Å². The topological polar surface area (TPSA) is 109 Å². The maximum absolute atomic E-state index is 13.4. The maximum Gasteiger partial charge on any atom is 0.265 e. The van der Waals surface area contributed by atoms with Crippen LogP contribution in [0.4, 0.5) is 11.6 Å². The van der Waals surface area contributed by atoms with Crippen LogP contribution in [-0.4, -0.2) is 43.7 Å². The van der Waals surface area contributed by atoms with Crippen LogP contribution < -0.4 is 14.4 Å². The number of pyridine rings is 1. The van der Waals surface area contributed by atoms with E-state index in [0.717, 1.165) is 30.0 Å². The van der Waals surface area contributed by atoms with E-state index >= 15 is 0 Å². The van der Waals surface area contributed by atoms with Crippen molar-refractivity contribution in [2.75, 3.05) is 22.8 Å². The van der Waals surface area contributed by atoms with Gasteiger partial charge in [-0.25, -0.2) is 17.7 Å². The Hall–Kier alpha value is -2.36. The Morgan fingerprint density at radius 3 is 2.73 bits per heavy atom. The highest BCUT2D eigenvalue weighted by atomic mass is 35.5. The fourth-order valence-corrected chi connectivity index (χ4v) is 6.17. The lowest BCUT2D eigenvalue weighted by atomic mass is 9.80. The van der Waals surface area contributed by atoms with Crippen molar-refractivity contribution in [3.63, 3.8) is 0 Å². The zero-order chi connectivity index (χ0) is 23.6. The number of fused-ring (bicyclic) bond motifs is 1. The second kappa shape index (κ2) is 9.87. The number of halogens is 1. The summed E-state index contributed by atoms with van der Waals surface area (Å²) in [5.74, 6) is 0.559. The number of amides is 1. The highest BCUT2D eigenvalue weighted by molar-refractivity contribution is 7.92. The third-order valence-corrected chi connectivity index (χ3v) is 8.34. The third kappa shape index (κ3) is 5.10. The molecule has 0 bridgehead atoms. The van der Waals surface area contributed by atoms with Crippen molar-refractivity contribution in [1.82, 2.24) is 4.98 Å². The lowest BCUT2D eigenvalue weighted by Crippen LogP contribution is -2.45. The molecule has 2 N–H and O–H groups in total. The minimum atomic E-state index is -4.04. The molecule has 1 aliphatic carbocycles. The van der Waals surface area contributed by atoms with Crippen LogP contribution in [-0.2, 0) is 14.8 Å². The van der Waals surface area contributed by atoms with E-state index in [-0.39, 0.29) is 52.3 Å². The molecule has 1 aromatic carbocycles. The summed E-state index contributed by atoms with van der Waals surface area (Å²) in [6, 6.07) is 9.08. The first-order valence-electron chi connectivity index (χ1n) is 11.2. The van der Waals surface area contributed by atoms with Crippen LogP contribution in [0.1, 0.15) is 39.0 Å². The maximum atomic E-state index is 13.4. The predicted octanol–water partition coefficient (Wildman–Crippen LogP) is 3.84. The quantitative estimate of drug-likeness (QED) is 0.632. The van der Waals surface area contributed by atoms with Crippen LogP contribution in [0.2, 0.25) is 5.02 Å². The predicted molar refractivity (Wildman–Crippen MR) is 126 cm³/mol. The summed E-state index contributed by atoms with van der Waals surface area (Å²) < 4.78 is 33.6. The summed E-state index contributed by atoms with van der Waals surface area (Å²) in [6.07, 6.45) is 4.81. The van der Waals surface area contributed by atoms with E-state index in [1.54, 1.807) is 24.3 Å². The van der Waals surface area contributed by atoms with Gasteiger partial charge in [0, 0.05) is 10.9 Å². The van der Waals surface area contributed by atoms with E-state index in [0.29, 0.717) is 5.92 Å². The molecule has 2 aliphatic rings. The Balaban J connectivity index is 1.63. The molecule has 33 heavy (non-hydrogen) atoms. The highest BCUT2D eigenvalue weighted by Gasteiger charge is 2.36. The number of carbonyl (C=O) groups is 1. The molecule has 1 aromatic heterocycles. The van der Waals surface area contributed by atoms with E-state index < -0.39 is 16.1 Å². The smallest absolute Gasteiger partial charge is 0.265 e. The molecular formula is C23H28ClN3O5S. The zero-order valence-electron chi connectivity index (χ0n) is 18.4. The monoisotopic (exact) mass is 493 g/mol. The van der Waals surface area contributed by atoms with Gasteiger partial charge < -0.3 is 15.2 Å². The molecule has 2 aromatic rings. The molecule has 10 heteroatoms. The number of ether oxygens (including phenoxy) is 1. The first kappa shape index (κ1) is 23.8.